The van der Waals surface area contributed by atoms with Gasteiger partial charge >= 0.3 is 0 Å². The number of alkyl halides is 3. The molecule has 3 aromatic rings. The molecule has 0 aliphatic rings. The first-order valence-electron chi connectivity index (χ1n) is 8.42. The van der Waals surface area contributed by atoms with Crippen LogP contribution in [0.1, 0.15) is 10.4 Å². The molecule has 9 heteroatoms. The molecule has 1 atom stereocenters. The maximum absolute atomic E-state index is 12.5. The molecule has 29 heavy (non-hydrogen) atoms. The molecule has 1 amide bonds. The second-order valence-electron chi connectivity index (χ2n) is 6.08. The summed E-state index contributed by atoms with van der Waals surface area (Å²) in [5.41, 5.74) is 1.21. The maximum atomic E-state index is 12.5. The Morgan fingerprint density at radius 1 is 0.931 bits per heavy atom. The monoisotopic (exact) mass is 529 g/mol. The lowest BCUT2D eigenvalue weighted by Gasteiger charge is -2.28. The Morgan fingerprint density at radius 3 is 2.28 bits per heavy atom. The highest BCUT2D eigenvalue weighted by Gasteiger charge is 2.35. The topological polar surface area (TPSA) is 53.2 Å². The van der Waals surface area contributed by atoms with Crippen LogP contribution in [0.3, 0.4) is 0 Å². The van der Waals surface area contributed by atoms with Crippen molar-refractivity contribution in [1.82, 2.24) is 10.6 Å². The number of rotatable bonds is 4. The number of carbonyl (C=O) groups excluding carboxylic acids is 1. The van der Waals surface area contributed by atoms with E-state index in [0.717, 1.165) is 20.9 Å². The fraction of sp³-hybridized carbons (Fsp3) is 0.100. The Balaban J connectivity index is 1.73. The summed E-state index contributed by atoms with van der Waals surface area (Å²) >= 11 is 26.9. The molecule has 3 rings (SSSR count). The molecule has 0 unspecified atom stereocenters. The van der Waals surface area contributed by atoms with Crippen LogP contribution in [0.25, 0.3) is 10.8 Å². The molecule has 0 saturated carbocycles. The number of carbonyl (C=O) groups is 1. The number of amides is 1. The Hall–Kier alpha value is -1.57. The molecule has 3 N–H and O–H groups in total. The normalized spacial score (nSPS) is 12.3. The van der Waals surface area contributed by atoms with Gasteiger partial charge < -0.3 is 16.0 Å². The molecule has 0 aliphatic heterocycles. The lowest BCUT2D eigenvalue weighted by Crippen LogP contribution is -2.56. The quantitative estimate of drug-likeness (QED) is 0.219. The van der Waals surface area contributed by atoms with Crippen molar-refractivity contribution in [2.45, 2.75) is 9.96 Å². The van der Waals surface area contributed by atoms with Crippen LogP contribution in [0.15, 0.2) is 71.2 Å². The van der Waals surface area contributed by atoms with Gasteiger partial charge in [-0.2, -0.15) is 0 Å². The number of hydrogen-bond acceptors (Lipinski definition) is 2. The molecule has 0 bridgehead atoms. The van der Waals surface area contributed by atoms with Gasteiger partial charge in [0.1, 0.15) is 6.17 Å². The smallest absolute Gasteiger partial charge is 0.252 e. The fourth-order valence-corrected chi connectivity index (χ4v) is 3.46. The minimum absolute atomic E-state index is 0.203. The molecule has 0 radical (unpaired) electrons. The van der Waals surface area contributed by atoms with Crippen LogP contribution >= 0.6 is 63.0 Å². The van der Waals surface area contributed by atoms with Gasteiger partial charge in [-0.05, 0) is 47.9 Å². The molecular weight excluding hydrogens is 517 g/mol. The van der Waals surface area contributed by atoms with Gasteiger partial charge in [-0.1, -0.05) is 87.1 Å². The van der Waals surface area contributed by atoms with Crippen molar-refractivity contribution >= 4 is 90.4 Å². The molecule has 0 fully saturated rings. The average Bonchev–Trinajstić information content (AvgIpc) is 2.67. The van der Waals surface area contributed by atoms with Crippen molar-refractivity contribution in [2.75, 3.05) is 5.32 Å². The largest absolute Gasteiger partial charge is 0.339 e. The van der Waals surface area contributed by atoms with Crippen LogP contribution in [-0.2, 0) is 0 Å². The minimum atomic E-state index is -1.84. The fourth-order valence-electron chi connectivity index (χ4n) is 2.64. The van der Waals surface area contributed by atoms with Gasteiger partial charge in [0, 0.05) is 21.1 Å². The molecule has 0 spiro atoms. The van der Waals surface area contributed by atoms with Gasteiger partial charge in [0.2, 0.25) is 3.79 Å². The van der Waals surface area contributed by atoms with Gasteiger partial charge in [0.25, 0.3) is 5.91 Å². The number of fused-ring (bicyclic) bond motifs is 1. The second-order valence-corrected chi connectivity index (χ2v) is 9.77. The van der Waals surface area contributed by atoms with Gasteiger partial charge in [0.05, 0.1) is 0 Å². The third kappa shape index (κ3) is 5.96. The molecule has 0 heterocycles. The van der Waals surface area contributed by atoms with E-state index in [2.05, 4.69) is 31.9 Å². The summed E-state index contributed by atoms with van der Waals surface area (Å²) < 4.78 is -0.985. The predicted molar refractivity (Wildman–Crippen MR) is 129 cm³/mol. The van der Waals surface area contributed by atoms with Gasteiger partial charge in [-0.25, -0.2) is 0 Å². The number of nitrogens with one attached hydrogen (secondary N) is 3. The van der Waals surface area contributed by atoms with Crippen LogP contribution in [0, 0.1) is 0 Å². The zero-order valence-corrected chi connectivity index (χ0v) is 19.4. The van der Waals surface area contributed by atoms with Crippen LogP contribution in [0.4, 0.5) is 5.69 Å². The third-order valence-corrected chi connectivity index (χ3v) is 5.43. The van der Waals surface area contributed by atoms with E-state index in [1.165, 1.54) is 0 Å². The van der Waals surface area contributed by atoms with Crippen molar-refractivity contribution in [3.8, 4) is 0 Å². The first-order valence-corrected chi connectivity index (χ1v) is 10.8. The summed E-state index contributed by atoms with van der Waals surface area (Å²) in [4.78, 5) is 12.5. The number of thiocarbonyl (C=S) groups is 1. The number of halogens is 4. The minimum Gasteiger partial charge on any atom is -0.339 e. The second kappa shape index (κ2) is 9.49. The van der Waals surface area contributed by atoms with E-state index < -0.39 is 15.9 Å². The van der Waals surface area contributed by atoms with Gasteiger partial charge in [0.15, 0.2) is 5.11 Å². The summed E-state index contributed by atoms with van der Waals surface area (Å²) in [6.07, 6.45) is -1.06. The van der Waals surface area contributed by atoms with Crippen LogP contribution in [0.5, 0.6) is 0 Å². The summed E-state index contributed by atoms with van der Waals surface area (Å²) in [7, 11) is 0. The number of benzene rings is 3. The Morgan fingerprint density at radius 2 is 1.59 bits per heavy atom. The molecule has 0 saturated heterocycles. The molecule has 4 nitrogen and oxygen atoms in total. The Labute approximate surface area is 197 Å². The van der Waals surface area contributed by atoms with Crippen molar-refractivity contribution in [3.05, 3.63) is 76.8 Å². The number of hydrogen-bond donors (Lipinski definition) is 3. The lowest BCUT2D eigenvalue weighted by molar-refractivity contribution is 0.0934. The van der Waals surface area contributed by atoms with Crippen LogP contribution in [0.2, 0.25) is 0 Å². The molecule has 3 aromatic carbocycles. The zero-order chi connectivity index (χ0) is 21.0. The highest BCUT2D eigenvalue weighted by atomic mass is 79.9. The van der Waals surface area contributed by atoms with E-state index in [9.17, 15) is 4.79 Å². The van der Waals surface area contributed by atoms with E-state index in [-0.39, 0.29) is 5.11 Å². The Bertz CT molecular complexity index is 1040. The van der Waals surface area contributed by atoms with E-state index >= 15 is 0 Å². The summed E-state index contributed by atoms with van der Waals surface area (Å²) in [6.45, 7) is 0. The molecule has 0 aliphatic carbocycles. The van der Waals surface area contributed by atoms with Crippen molar-refractivity contribution < 1.29 is 4.79 Å². The average molecular weight is 532 g/mol. The Kier molecular flexibility index (Phi) is 7.24. The van der Waals surface area contributed by atoms with Crippen LogP contribution in [-0.4, -0.2) is 21.0 Å². The first kappa shape index (κ1) is 22.1. The summed E-state index contributed by atoms with van der Waals surface area (Å²) in [5, 5.41) is 10.9. The highest BCUT2D eigenvalue weighted by Crippen LogP contribution is 2.30. The van der Waals surface area contributed by atoms with Crippen molar-refractivity contribution in [2.24, 2.45) is 0 Å². The third-order valence-electron chi connectivity index (χ3n) is 4.02. The maximum Gasteiger partial charge on any atom is 0.252 e. The van der Waals surface area contributed by atoms with E-state index in [1.807, 2.05) is 42.5 Å². The summed E-state index contributed by atoms with van der Waals surface area (Å²) in [6, 6.07) is 20.5. The molecular formula is C20H15BrCl3N3OS. The van der Waals surface area contributed by atoms with Crippen LogP contribution < -0.4 is 16.0 Å². The van der Waals surface area contributed by atoms with Gasteiger partial charge in [-0.15, -0.1) is 0 Å². The van der Waals surface area contributed by atoms with E-state index in [1.54, 1.807) is 24.3 Å². The number of anilines is 1. The zero-order valence-electron chi connectivity index (χ0n) is 14.8. The SMILES string of the molecule is O=C(N[C@H](NC(=S)Nc1cccc2ccccc12)C(Cl)(Cl)Cl)c1ccc(Br)cc1. The van der Waals surface area contributed by atoms with E-state index in [4.69, 9.17) is 47.0 Å². The highest BCUT2D eigenvalue weighted by molar-refractivity contribution is 9.10. The lowest BCUT2D eigenvalue weighted by atomic mass is 10.1. The molecule has 150 valence electrons. The standard InChI is InChI=1S/C20H15BrCl3N3OS/c21-14-10-8-13(9-11-14)17(28)26-18(20(22,23)24)27-19(29)25-16-7-3-5-12-4-1-2-6-15(12)16/h1-11,18H,(H,26,28)(H2,25,27,29)/t18-/m1/s1. The van der Waals surface area contributed by atoms with E-state index in [0.29, 0.717) is 5.56 Å². The first-order chi connectivity index (χ1) is 13.7. The van der Waals surface area contributed by atoms with Crippen molar-refractivity contribution in [3.63, 3.8) is 0 Å². The van der Waals surface area contributed by atoms with Crippen molar-refractivity contribution in [1.29, 1.82) is 0 Å². The van der Waals surface area contributed by atoms with Gasteiger partial charge in [-0.3, -0.25) is 4.79 Å². The summed E-state index contributed by atoms with van der Waals surface area (Å²) in [5.74, 6) is -0.408. The predicted octanol–water partition coefficient (Wildman–Crippen LogP) is 6.02. The molecule has 0 aromatic heterocycles.